The molecule has 0 amide bonds. The summed E-state index contributed by atoms with van der Waals surface area (Å²) in [7, 11) is -1.88. The highest BCUT2D eigenvalue weighted by atomic mass is 35.5. The second-order valence-electron chi connectivity index (χ2n) is 3.80. The fourth-order valence-electron chi connectivity index (χ4n) is 1.51. The Balaban J connectivity index is 2.25. The molecule has 0 aliphatic carbocycles. The molecular formula is C9H13ClN6O2S. The molecule has 19 heavy (non-hydrogen) atoms. The van der Waals surface area contributed by atoms with Crippen molar-refractivity contribution in [3.05, 3.63) is 17.0 Å². The van der Waals surface area contributed by atoms with Gasteiger partial charge in [-0.2, -0.15) is 19.6 Å². The van der Waals surface area contributed by atoms with Crippen molar-refractivity contribution in [3.8, 4) is 0 Å². The first-order valence-corrected chi connectivity index (χ1v) is 7.48. The van der Waals surface area contributed by atoms with Gasteiger partial charge in [-0.05, 0) is 14.0 Å². The smallest absolute Gasteiger partial charge is 0.255 e. The summed E-state index contributed by atoms with van der Waals surface area (Å²) in [4.78, 5) is 7.99. The van der Waals surface area contributed by atoms with E-state index in [4.69, 9.17) is 11.6 Å². The highest BCUT2D eigenvalue weighted by Gasteiger charge is 2.13. The molecule has 10 heteroatoms. The third-order valence-electron chi connectivity index (χ3n) is 2.58. The van der Waals surface area contributed by atoms with E-state index in [1.165, 1.54) is 17.9 Å². The zero-order valence-corrected chi connectivity index (χ0v) is 12.0. The molecule has 0 aliphatic rings. The van der Waals surface area contributed by atoms with Crippen molar-refractivity contribution in [1.82, 2.24) is 24.3 Å². The Labute approximate surface area is 115 Å². The van der Waals surface area contributed by atoms with Gasteiger partial charge in [-0.3, -0.25) is 0 Å². The number of sulfonamides is 1. The number of aromatic nitrogens is 4. The van der Waals surface area contributed by atoms with Gasteiger partial charge in [-0.25, -0.2) is 13.1 Å². The summed E-state index contributed by atoms with van der Waals surface area (Å²) in [5.41, 5.74) is 0.682. The fraction of sp³-hybridized carbons (Fsp3) is 0.444. The van der Waals surface area contributed by atoms with Crippen LogP contribution < -0.4 is 10.0 Å². The van der Waals surface area contributed by atoms with Crippen LogP contribution in [-0.4, -0.2) is 47.3 Å². The zero-order valence-electron chi connectivity index (χ0n) is 10.4. The van der Waals surface area contributed by atoms with Gasteiger partial charge >= 0.3 is 0 Å². The maximum atomic E-state index is 11.3. The van der Waals surface area contributed by atoms with Gasteiger partial charge in [0.15, 0.2) is 0 Å². The Morgan fingerprint density at radius 3 is 2.89 bits per heavy atom. The zero-order chi connectivity index (χ0) is 14.0. The Kier molecular flexibility index (Phi) is 3.88. The molecule has 0 saturated carbocycles. The minimum atomic E-state index is -3.26. The molecule has 8 nitrogen and oxygen atoms in total. The van der Waals surface area contributed by atoms with Crippen LogP contribution in [-0.2, 0) is 10.0 Å². The predicted molar refractivity (Wildman–Crippen MR) is 71.9 cm³/mol. The van der Waals surface area contributed by atoms with Crippen LogP contribution >= 0.6 is 11.6 Å². The summed E-state index contributed by atoms with van der Waals surface area (Å²) in [6.07, 6.45) is 1.35. The summed E-state index contributed by atoms with van der Waals surface area (Å²) in [6.45, 7) is 1.99. The molecule has 2 aromatic heterocycles. The number of halogens is 1. The van der Waals surface area contributed by atoms with Gasteiger partial charge in [0, 0.05) is 12.1 Å². The molecule has 0 aromatic carbocycles. The summed E-state index contributed by atoms with van der Waals surface area (Å²) in [5.74, 6) is 0.882. The largest absolute Gasteiger partial charge is 0.369 e. The molecule has 2 heterocycles. The first-order chi connectivity index (χ1) is 8.94. The van der Waals surface area contributed by atoms with Crippen molar-refractivity contribution in [1.29, 1.82) is 0 Å². The second kappa shape index (κ2) is 5.27. The average molecular weight is 305 g/mol. The number of hydrogen-bond donors (Lipinski definition) is 2. The molecule has 104 valence electrons. The number of rotatable bonds is 5. The van der Waals surface area contributed by atoms with Crippen LogP contribution in [0.1, 0.15) is 5.56 Å². The molecule has 0 atom stereocenters. The topological polar surface area (TPSA) is 101 Å². The first kappa shape index (κ1) is 14.0. The number of fused-ring (bicyclic) bond motifs is 1. The molecular weight excluding hydrogens is 292 g/mol. The average Bonchev–Trinajstić information content (AvgIpc) is 2.81. The molecule has 0 fully saturated rings. The van der Waals surface area contributed by atoms with Gasteiger partial charge in [-0.1, -0.05) is 11.6 Å². The predicted octanol–water partition coefficient (Wildman–Crippen LogP) is 0.0472. The summed E-state index contributed by atoms with van der Waals surface area (Å²) in [6, 6.07) is 0. The molecule has 0 radical (unpaired) electrons. The van der Waals surface area contributed by atoms with Crippen molar-refractivity contribution >= 4 is 33.2 Å². The molecule has 0 unspecified atom stereocenters. The third-order valence-corrected chi connectivity index (χ3v) is 4.31. The van der Waals surface area contributed by atoms with Crippen LogP contribution in [0.5, 0.6) is 0 Å². The lowest BCUT2D eigenvalue weighted by molar-refractivity contribution is 0.588. The van der Waals surface area contributed by atoms with E-state index >= 15 is 0 Å². The quantitative estimate of drug-likeness (QED) is 0.757. The number of hydrogen-bond acceptors (Lipinski definition) is 6. The van der Waals surface area contributed by atoms with E-state index in [9.17, 15) is 8.42 Å². The van der Waals surface area contributed by atoms with E-state index < -0.39 is 10.0 Å². The van der Waals surface area contributed by atoms with E-state index in [0.717, 1.165) is 0 Å². The molecule has 0 aliphatic heterocycles. The standard InChI is InChI=1S/C9H13ClN6O2S/c1-6-7(10)15-9-13-5-14-16(9)8(6)12-3-4-19(17,18)11-2/h5,11-12H,3-4H2,1-2H3. The van der Waals surface area contributed by atoms with E-state index in [1.54, 1.807) is 6.92 Å². The molecule has 2 rings (SSSR count). The minimum Gasteiger partial charge on any atom is -0.369 e. The van der Waals surface area contributed by atoms with E-state index in [0.29, 0.717) is 22.3 Å². The van der Waals surface area contributed by atoms with Crippen LogP contribution in [0.2, 0.25) is 5.15 Å². The number of anilines is 1. The molecule has 2 aromatic rings. The van der Waals surface area contributed by atoms with Crippen molar-refractivity contribution in [2.24, 2.45) is 0 Å². The summed E-state index contributed by atoms with van der Waals surface area (Å²) >= 11 is 5.98. The van der Waals surface area contributed by atoms with Crippen LogP contribution in [0.3, 0.4) is 0 Å². The number of nitrogens with zero attached hydrogens (tertiary/aromatic N) is 4. The number of nitrogens with one attached hydrogen (secondary N) is 2. The highest BCUT2D eigenvalue weighted by Crippen LogP contribution is 2.21. The van der Waals surface area contributed by atoms with Crippen molar-refractivity contribution < 1.29 is 8.42 Å². The molecule has 2 N–H and O–H groups in total. The van der Waals surface area contributed by atoms with Crippen LogP contribution in [0, 0.1) is 6.92 Å². The van der Waals surface area contributed by atoms with Gasteiger partial charge in [0.05, 0.1) is 5.75 Å². The lowest BCUT2D eigenvalue weighted by Gasteiger charge is -2.11. The normalized spacial score (nSPS) is 11.9. The Morgan fingerprint density at radius 1 is 1.47 bits per heavy atom. The molecule has 0 saturated heterocycles. The lowest BCUT2D eigenvalue weighted by Crippen LogP contribution is -2.26. The van der Waals surface area contributed by atoms with Gasteiger partial charge in [-0.15, -0.1) is 0 Å². The molecule has 0 spiro atoms. The maximum Gasteiger partial charge on any atom is 0.255 e. The third kappa shape index (κ3) is 2.94. The summed E-state index contributed by atoms with van der Waals surface area (Å²) < 4.78 is 26.4. The van der Waals surface area contributed by atoms with Crippen LogP contribution in [0.4, 0.5) is 5.82 Å². The Morgan fingerprint density at radius 2 is 2.21 bits per heavy atom. The van der Waals surface area contributed by atoms with Gasteiger partial charge in [0.1, 0.15) is 17.3 Å². The van der Waals surface area contributed by atoms with Gasteiger partial charge in [0.2, 0.25) is 10.0 Å². The monoisotopic (exact) mass is 304 g/mol. The van der Waals surface area contributed by atoms with E-state index in [2.05, 4.69) is 25.1 Å². The van der Waals surface area contributed by atoms with Gasteiger partial charge in [0.25, 0.3) is 5.78 Å². The van der Waals surface area contributed by atoms with Crippen LogP contribution in [0.25, 0.3) is 5.78 Å². The highest BCUT2D eigenvalue weighted by molar-refractivity contribution is 7.89. The van der Waals surface area contributed by atoms with E-state index in [1.807, 2.05) is 0 Å². The lowest BCUT2D eigenvalue weighted by atomic mass is 10.3. The maximum absolute atomic E-state index is 11.3. The van der Waals surface area contributed by atoms with Crippen molar-refractivity contribution in [3.63, 3.8) is 0 Å². The fourth-order valence-corrected chi connectivity index (χ4v) is 2.25. The Bertz CT molecular complexity index is 698. The first-order valence-electron chi connectivity index (χ1n) is 5.45. The molecule has 0 bridgehead atoms. The Hall–Kier alpha value is -1.45. The van der Waals surface area contributed by atoms with Crippen LogP contribution in [0.15, 0.2) is 6.33 Å². The van der Waals surface area contributed by atoms with Crippen molar-refractivity contribution in [2.45, 2.75) is 6.92 Å². The second-order valence-corrected chi connectivity index (χ2v) is 6.20. The summed E-state index contributed by atoms with van der Waals surface area (Å²) in [5, 5.41) is 7.31. The van der Waals surface area contributed by atoms with E-state index in [-0.39, 0.29) is 12.3 Å². The SMILES string of the molecule is CNS(=O)(=O)CCNc1c(C)c(Cl)nc2ncnn12. The minimum absolute atomic E-state index is 0.0565. The van der Waals surface area contributed by atoms with Gasteiger partial charge < -0.3 is 5.32 Å². The van der Waals surface area contributed by atoms with Crippen molar-refractivity contribution in [2.75, 3.05) is 24.7 Å².